The molecule has 0 aliphatic carbocycles. The van der Waals surface area contributed by atoms with Gasteiger partial charge in [0, 0.05) is 17.3 Å². The first-order chi connectivity index (χ1) is 11.6. The maximum atomic E-state index is 12.6. The van der Waals surface area contributed by atoms with Crippen LogP contribution >= 0.6 is 27.7 Å². The third-order valence-electron chi connectivity index (χ3n) is 4.17. The van der Waals surface area contributed by atoms with E-state index in [1.54, 1.807) is 20.8 Å². The molecule has 0 saturated carbocycles. The van der Waals surface area contributed by atoms with E-state index in [1.807, 2.05) is 6.92 Å². The predicted octanol–water partition coefficient (Wildman–Crippen LogP) is 2.39. The van der Waals surface area contributed by atoms with Crippen molar-refractivity contribution >= 4 is 45.5 Å². The van der Waals surface area contributed by atoms with Gasteiger partial charge >= 0.3 is 11.9 Å². The molecule has 2 aliphatic rings. The van der Waals surface area contributed by atoms with Gasteiger partial charge in [0.1, 0.15) is 11.1 Å². The molecule has 1 amide bonds. The number of rotatable bonds is 6. The lowest BCUT2D eigenvalue weighted by Gasteiger charge is -2.50. The molecule has 7 nitrogen and oxygen atoms in total. The summed E-state index contributed by atoms with van der Waals surface area (Å²) in [5, 5.41) is 0.121. The Morgan fingerprint density at radius 1 is 1.32 bits per heavy atom. The molecule has 2 rings (SSSR count). The number of ether oxygens (including phenoxy) is 3. The summed E-state index contributed by atoms with van der Waals surface area (Å²) in [4.78, 5) is 38.8. The molecule has 140 valence electrons. The Labute approximate surface area is 159 Å². The number of halogens is 1. The van der Waals surface area contributed by atoms with Crippen molar-refractivity contribution in [2.75, 3.05) is 19.2 Å². The Morgan fingerprint density at radius 2 is 1.96 bits per heavy atom. The summed E-state index contributed by atoms with van der Waals surface area (Å²) >= 11 is 4.74. The molecule has 9 heteroatoms. The number of methoxy groups -OCH3 is 1. The van der Waals surface area contributed by atoms with E-state index in [9.17, 15) is 14.4 Å². The molecule has 1 saturated heterocycles. The standard InChI is InChI=1S/C16H22BrNO6S/c1-6-16(22-5)12(20)18-10(9(7-17)25-13(16)18)11(19)23-8-24-14(21)15(2,3)4/h13H,6-8H2,1-5H3/t13-,16-/m1/s1. The molecule has 0 radical (unpaired) electrons. The number of hydrogen-bond donors (Lipinski definition) is 0. The number of hydrogen-bond acceptors (Lipinski definition) is 7. The minimum atomic E-state index is -0.918. The van der Waals surface area contributed by atoms with Crippen molar-refractivity contribution in [2.24, 2.45) is 5.41 Å². The van der Waals surface area contributed by atoms with Gasteiger partial charge in [-0.2, -0.15) is 0 Å². The summed E-state index contributed by atoms with van der Waals surface area (Å²) in [7, 11) is 1.50. The normalized spacial score (nSPS) is 25.6. The van der Waals surface area contributed by atoms with Crippen molar-refractivity contribution in [1.82, 2.24) is 4.90 Å². The van der Waals surface area contributed by atoms with Crippen LogP contribution in [0, 0.1) is 5.41 Å². The number of allylic oxidation sites excluding steroid dienone is 1. The molecular weight excluding hydrogens is 414 g/mol. The SMILES string of the molecule is CC[C@@]1(OC)C(=O)N2C(C(=O)OCOC(=O)C(C)(C)C)=C(CBr)S[C@@H]21. The van der Waals surface area contributed by atoms with E-state index in [0.29, 0.717) is 16.7 Å². The fourth-order valence-electron chi connectivity index (χ4n) is 2.64. The number of nitrogens with zero attached hydrogens (tertiary/aromatic N) is 1. The summed E-state index contributed by atoms with van der Waals surface area (Å²) in [6, 6.07) is 0. The highest BCUT2D eigenvalue weighted by atomic mass is 79.9. The minimum absolute atomic E-state index is 0.185. The third kappa shape index (κ3) is 3.33. The van der Waals surface area contributed by atoms with Gasteiger partial charge in [0.15, 0.2) is 5.60 Å². The number of fused-ring (bicyclic) bond motifs is 1. The van der Waals surface area contributed by atoms with Crippen LogP contribution in [0.25, 0.3) is 0 Å². The second-order valence-corrected chi connectivity index (χ2v) is 8.47. The highest BCUT2D eigenvalue weighted by Gasteiger charge is 2.66. The molecule has 0 aromatic carbocycles. The van der Waals surface area contributed by atoms with E-state index < -0.39 is 29.7 Å². The average Bonchev–Trinajstić information content (AvgIpc) is 2.91. The van der Waals surface area contributed by atoms with Gasteiger partial charge < -0.3 is 14.2 Å². The van der Waals surface area contributed by atoms with E-state index in [2.05, 4.69) is 15.9 Å². The molecule has 2 atom stereocenters. The number of carbonyl (C=O) groups excluding carboxylic acids is 3. The molecular formula is C16H22BrNO6S. The minimum Gasteiger partial charge on any atom is -0.427 e. The Balaban J connectivity index is 2.07. The van der Waals surface area contributed by atoms with Gasteiger partial charge in [-0.25, -0.2) is 4.79 Å². The van der Waals surface area contributed by atoms with Crippen molar-refractivity contribution in [3.05, 3.63) is 10.6 Å². The number of esters is 2. The number of thioether (sulfide) groups is 1. The number of alkyl halides is 1. The van der Waals surface area contributed by atoms with Crippen molar-refractivity contribution < 1.29 is 28.6 Å². The Bertz CT molecular complexity index is 623. The maximum absolute atomic E-state index is 12.6. The number of carbonyl (C=O) groups is 3. The average molecular weight is 436 g/mol. The first-order valence-electron chi connectivity index (χ1n) is 7.83. The van der Waals surface area contributed by atoms with Gasteiger partial charge in [0.05, 0.1) is 5.41 Å². The van der Waals surface area contributed by atoms with Crippen molar-refractivity contribution in [3.8, 4) is 0 Å². The monoisotopic (exact) mass is 435 g/mol. The molecule has 0 aromatic heterocycles. The molecule has 0 aromatic rings. The van der Waals surface area contributed by atoms with E-state index in [4.69, 9.17) is 14.2 Å². The second kappa shape index (κ2) is 7.28. The van der Waals surface area contributed by atoms with Crippen molar-refractivity contribution in [2.45, 2.75) is 45.1 Å². The van der Waals surface area contributed by atoms with E-state index in [1.165, 1.54) is 23.8 Å². The first-order valence-corrected chi connectivity index (χ1v) is 9.83. The van der Waals surface area contributed by atoms with E-state index >= 15 is 0 Å². The summed E-state index contributed by atoms with van der Waals surface area (Å²) in [5.41, 5.74) is -1.42. The lowest BCUT2D eigenvalue weighted by atomic mass is 9.88. The lowest BCUT2D eigenvalue weighted by molar-refractivity contribution is -0.186. The zero-order valence-corrected chi connectivity index (χ0v) is 17.3. The Hall–Kier alpha value is -1.06. The molecule has 2 heterocycles. The van der Waals surface area contributed by atoms with Crippen molar-refractivity contribution in [3.63, 3.8) is 0 Å². The van der Waals surface area contributed by atoms with Gasteiger partial charge in [-0.1, -0.05) is 34.6 Å². The Kier molecular flexibility index (Phi) is 5.90. The Morgan fingerprint density at radius 3 is 2.44 bits per heavy atom. The van der Waals surface area contributed by atoms with Crippen LogP contribution in [-0.2, 0) is 28.6 Å². The largest absolute Gasteiger partial charge is 0.427 e. The fourth-order valence-corrected chi connectivity index (χ4v) is 4.79. The van der Waals surface area contributed by atoms with Crippen LogP contribution in [0.1, 0.15) is 34.1 Å². The summed E-state index contributed by atoms with van der Waals surface area (Å²) in [6.45, 7) is 6.49. The van der Waals surface area contributed by atoms with Crippen LogP contribution < -0.4 is 0 Å². The molecule has 0 spiro atoms. The van der Waals surface area contributed by atoms with Crippen LogP contribution in [0.3, 0.4) is 0 Å². The quantitative estimate of drug-likeness (QED) is 0.274. The molecule has 1 fully saturated rings. The van der Waals surface area contributed by atoms with Gasteiger partial charge in [0.2, 0.25) is 6.79 Å². The smallest absolute Gasteiger partial charge is 0.358 e. The topological polar surface area (TPSA) is 82.1 Å². The summed E-state index contributed by atoms with van der Waals surface area (Å²) < 4.78 is 15.4. The summed E-state index contributed by atoms with van der Waals surface area (Å²) in [6.07, 6.45) is 0.511. The van der Waals surface area contributed by atoms with Crippen LogP contribution in [0.4, 0.5) is 0 Å². The van der Waals surface area contributed by atoms with E-state index in [-0.39, 0.29) is 17.0 Å². The van der Waals surface area contributed by atoms with Gasteiger partial charge in [-0.05, 0) is 27.2 Å². The fraction of sp³-hybridized carbons (Fsp3) is 0.688. The zero-order valence-electron chi connectivity index (χ0n) is 14.9. The van der Waals surface area contributed by atoms with Crippen molar-refractivity contribution in [1.29, 1.82) is 0 Å². The van der Waals surface area contributed by atoms with Crippen LogP contribution in [0.2, 0.25) is 0 Å². The molecule has 0 bridgehead atoms. The molecule has 0 unspecified atom stereocenters. The van der Waals surface area contributed by atoms with Gasteiger partial charge in [-0.15, -0.1) is 0 Å². The second-order valence-electron chi connectivity index (χ2n) is 6.73. The van der Waals surface area contributed by atoms with E-state index in [0.717, 1.165) is 0 Å². The van der Waals surface area contributed by atoms with Gasteiger partial charge in [-0.3, -0.25) is 14.5 Å². The molecule has 0 N–H and O–H groups in total. The highest BCUT2D eigenvalue weighted by molar-refractivity contribution is 9.09. The van der Waals surface area contributed by atoms with Crippen LogP contribution in [0.5, 0.6) is 0 Å². The number of amides is 1. The maximum Gasteiger partial charge on any atom is 0.358 e. The van der Waals surface area contributed by atoms with Gasteiger partial charge in [0.25, 0.3) is 5.91 Å². The predicted molar refractivity (Wildman–Crippen MR) is 95.6 cm³/mol. The first kappa shape index (κ1) is 20.3. The number of β-lactam (4-membered cyclic amide) rings is 1. The lowest BCUT2D eigenvalue weighted by Crippen LogP contribution is -2.71. The summed E-state index contributed by atoms with van der Waals surface area (Å²) in [5.74, 6) is -1.43. The third-order valence-corrected chi connectivity index (χ3v) is 6.54. The van der Waals surface area contributed by atoms with Crippen LogP contribution in [0.15, 0.2) is 10.6 Å². The molecule has 25 heavy (non-hydrogen) atoms. The molecule has 2 aliphatic heterocycles. The zero-order chi connectivity index (χ0) is 19.0. The van der Waals surface area contributed by atoms with Crippen LogP contribution in [-0.4, -0.2) is 53.0 Å². The highest BCUT2D eigenvalue weighted by Crippen LogP contribution is 2.54.